The largest absolute Gasteiger partial charge is 0.388 e. The van der Waals surface area contributed by atoms with Crippen LogP contribution >= 0.6 is 11.8 Å². The van der Waals surface area contributed by atoms with Gasteiger partial charge in [-0.3, -0.25) is 0 Å². The summed E-state index contributed by atoms with van der Waals surface area (Å²) in [5.41, 5.74) is 1.81. The molecular formula is C9H9FOS. The molecule has 0 aromatic heterocycles. The third kappa shape index (κ3) is 1.34. The maximum atomic E-state index is 12.8. The van der Waals surface area contributed by atoms with E-state index in [1.165, 1.54) is 12.1 Å². The summed E-state index contributed by atoms with van der Waals surface area (Å²) < 4.78 is 12.8. The van der Waals surface area contributed by atoms with Gasteiger partial charge in [0, 0.05) is 11.5 Å². The summed E-state index contributed by atoms with van der Waals surface area (Å²) in [4.78, 5) is 0. The molecule has 0 fully saturated rings. The van der Waals surface area contributed by atoms with Crippen LogP contribution < -0.4 is 0 Å². The number of halogens is 1. The lowest BCUT2D eigenvalue weighted by Crippen LogP contribution is -2.09. The van der Waals surface area contributed by atoms with Crippen molar-refractivity contribution < 1.29 is 9.50 Å². The predicted octanol–water partition coefficient (Wildman–Crippen LogP) is 2.11. The maximum Gasteiger partial charge on any atom is 0.123 e. The van der Waals surface area contributed by atoms with E-state index in [0.717, 1.165) is 16.9 Å². The highest BCUT2D eigenvalue weighted by atomic mass is 32.2. The van der Waals surface area contributed by atoms with Crippen molar-refractivity contribution in [1.29, 1.82) is 0 Å². The molecule has 0 amide bonds. The molecule has 1 N–H and O–H groups in total. The first-order valence-corrected chi connectivity index (χ1v) is 4.97. The fourth-order valence-electron chi connectivity index (χ4n) is 1.38. The number of hydrogen-bond donors (Lipinski definition) is 1. The number of aliphatic hydroxyl groups is 1. The summed E-state index contributed by atoms with van der Waals surface area (Å²) in [6.07, 6.45) is -0.491. The van der Waals surface area contributed by atoms with Crippen LogP contribution in [0.25, 0.3) is 0 Å². The minimum absolute atomic E-state index is 0.264. The van der Waals surface area contributed by atoms with E-state index in [4.69, 9.17) is 0 Å². The lowest BCUT2D eigenvalue weighted by Gasteiger charge is -2.20. The molecule has 0 unspecified atom stereocenters. The molecule has 2 rings (SSSR count). The van der Waals surface area contributed by atoms with Gasteiger partial charge in [-0.25, -0.2) is 4.39 Å². The Bertz CT molecular complexity index is 301. The van der Waals surface area contributed by atoms with Crippen molar-refractivity contribution in [3.8, 4) is 0 Å². The molecule has 1 aromatic rings. The minimum Gasteiger partial charge on any atom is -0.388 e. The molecule has 0 spiro atoms. The smallest absolute Gasteiger partial charge is 0.123 e. The molecule has 0 saturated heterocycles. The lowest BCUT2D eigenvalue weighted by molar-refractivity contribution is 0.201. The standard InChI is InChI=1S/C9H9FOS/c10-7-2-1-6-4-12-5-9(11)8(6)3-7/h1-3,9,11H,4-5H2/t9-/m0/s1. The molecular weight excluding hydrogens is 175 g/mol. The van der Waals surface area contributed by atoms with Crippen molar-refractivity contribution in [2.75, 3.05) is 5.75 Å². The summed E-state index contributed by atoms with van der Waals surface area (Å²) in [7, 11) is 0. The SMILES string of the molecule is O[C@H]1CSCc2ccc(F)cc21. The van der Waals surface area contributed by atoms with Gasteiger partial charge in [0.1, 0.15) is 5.82 Å². The Hall–Kier alpha value is -0.540. The van der Waals surface area contributed by atoms with Gasteiger partial charge in [-0.15, -0.1) is 0 Å². The zero-order valence-corrected chi connectivity index (χ0v) is 7.27. The average Bonchev–Trinajstić information content (AvgIpc) is 2.07. The molecule has 1 nitrogen and oxygen atoms in total. The fourth-order valence-corrected chi connectivity index (χ4v) is 2.38. The van der Waals surface area contributed by atoms with Crippen LogP contribution in [-0.2, 0) is 5.75 Å². The van der Waals surface area contributed by atoms with Gasteiger partial charge in [-0.2, -0.15) is 11.8 Å². The zero-order valence-electron chi connectivity index (χ0n) is 6.46. The number of benzene rings is 1. The van der Waals surface area contributed by atoms with Gasteiger partial charge in [0.2, 0.25) is 0 Å². The second-order valence-electron chi connectivity index (χ2n) is 2.87. The number of rotatable bonds is 0. The number of hydrogen-bond acceptors (Lipinski definition) is 2. The first-order chi connectivity index (χ1) is 5.77. The molecule has 1 heterocycles. The molecule has 12 heavy (non-hydrogen) atoms. The van der Waals surface area contributed by atoms with Crippen LogP contribution in [0.4, 0.5) is 4.39 Å². The van der Waals surface area contributed by atoms with Gasteiger partial charge < -0.3 is 5.11 Å². The third-order valence-electron chi connectivity index (χ3n) is 2.00. The summed E-state index contributed by atoms with van der Waals surface area (Å²) in [5.74, 6) is 1.29. The number of thioether (sulfide) groups is 1. The Morgan fingerprint density at radius 1 is 1.50 bits per heavy atom. The minimum atomic E-state index is -0.491. The second-order valence-corrected chi connectivity index (χ2v) is 3.90. The topological polar surface area (TPSA) is 20.2 Å². The number of aliphatic hydroxyl groups excluding tert-OH is 1. The quantitative estimate of drug-likeness (QED) is 0.666. The predicted molar refractivity (Wildman–Crippen MR) is 47.5 cm³/mol. The van der Waals surface area contributed by atoms with Crippen LogP contribution in [-0.4, -0.2) is 10.9 Å². The van der Waals surface area contributed by atoms with Crippen molar-refractivity contribution in [3.63, 3.8) is 0 Å². The Kier molecular flexibility index (Phi) is 2.07. The molecule has 1 aliphatic rings. The van der Waals surface area contributed by atoms with Crippen molar-refractivity contribution in [2.24, 2.45) is 0 Å². The summed E-state index contributed by atoms with van der Waals surface area (Å²) >= 11 is 1.68. The third-order valence-corrected chi connectivity index (χ3v) is 3.07. The molecule has 1 aromatic carbocycles. The lowest BCUT2D eigenvalue weighted by atomic mass is 10.0. The van der Waals surface area contributed by atoms with E-state index in [1.54, 1.807) is 17.8 Å². The first kappa shape index (κ1) is 8.08. The van der Waals surface area contributed by atoms with Crippen molar-refractivity contribution in [2.45, 2.75) is 11.9 Å². The van der Waals surface area contributed by atoms with Gasteiger partial charge in [-0.05, 0) is 23.3 Å². The highest BCUT2D eigenvalue weighted by Crippen LogP contribution is 2.31. The molecule has 3 heteroatoms. The monoisotopic (exact) mass is 184 g/mol. The summed E-state index contributed by atoms with van der Waals surface area (Å²) in [5, 5.41) is 9.50. The molecule has 0 radical (unpaired) electrons. The van der Waals surface area contributed by atoms with E-state index < -0.39 is 6.10 Å². The van der Waals surface area contributed by atoms with Crippen molar-refractivity contribution in [3.05, 3.63) is 35.1 Å². The fraction of sp³-hybridized carbons (Fsp3) is 0.333. The Morgan fingerprint density at radius 2 is 2.33 bits per heavy atom. The van der Waals surface area contributed by atoms with E-state index in [-0.39, 0.29) is 5.82 Å². The Labute approximate surface area is 74.6 Å². The van der Waals surface area contributed by atoms with Crippen LogP contribution in [0.1, 0.15) is 17.2 Å². The zero-order chi connectivity index (χ0) is 8.55. The van der Waals surface area contributed by atoms with Crippen LogP contribution in [0.3, 0.4) is 0 Å². The van der Waals surface area contributed by atoms with Gasteiger partial charge in [-0.1, -0.05) is 6.07 Å². The van der Waals surface area contributed by atoms with Crippen LogP contribution in [0.5, 0.6) is 0 Å². The second kappa shape index (κ2) is 3.07. The summed E-state index contributed by atoms with van der Waals surface area (Å²) in [6.45, 7) is 0. The summed E-state index contributed by atoms with van der Waals surface area (Å²) in [6, 6.07) is 4.62. The molecule has 1 aliphatic heterocycles. The Morgan fingerprint density at radius 3 is 3.17 bits per heavy atom. The maximum absolute atomic E-state index is 12.8. The van der Waals surface area contributed by atoms with E-state index in [1.807, 2.05) is 0 Å². The van der Waals surface area contributed by atoms with Crippen molar-refractivity contribution >= 4 is 11.8 Å². The van der Waals surface area contributed by atoms with Crippen LogP contribution in [0.2, 0.25) is 0 Å². The highest BCUT2D eigenvalue weighted by molar-refractivity contribution is 7.98. The van der Waals surface area contributed by atoms with E-state index in [9.17, 15) is 9.50 Å². The van der Waals surface area contributed by atoms with Crippen LogP contribution in [0.15, 0.2) is 18.2 Å². The van der Waals surface area contributed by atoms with Crippen LogP contribution in [0, 0.1) is 5.82 Å². The van der Waals surface area contributed by atoms with E-state index >= 15 is 0 Å². The highest BCUT2D eigenvalue weighted by Gasteiger charge is 2.18. The average molecular weight is 184 g/mol. The molecule has 0 bridgehead atoms. The molecule has 0 saturated carbocycles. The van der Waals surface area contributed by atoms with Crippen molar-refractivity contribution in [1.82, 2.24) is 0 Å². The molecule has 64 valence electrons. The van der Waals surface area contributed by atoms with E-state index in [2.05, 4.69) is 0 Å². The molecule has 1 atom stereocenters. The van der Waals surface area contributed by atoms with Gasteiger partial charge in [0.05, 0.1) is 6.10 Å². The number of fused-ring (bicyclic) bond motifs is 1. The van der Waals surface area contributed by atoms with Gasteiger partial charge >= 0.3 is 0 Å². The van der Waals surface area contributed by atoms with E-state index in [0.29, 0.717) is 5.75 Å². The molecule has 0 aliphatic carbocycles. The normalized spacial score (nSPS) is 22.0. The first-order valence-electron chi connectivity index (χ1n) is 3.81. The van der Waals surface area contributed by atoms with Gasteiger partial charge in [0.15, 0.2) is 0 Å². The van der Waals surface area contributed by atoms with Gasteiger partial charge in [0.25, 0.3) is 0 Å². The Balaban J connectivity index is 2.47.